The van der Waals surface area contributed by atoms with Gasteiger partial charge in [-0.2, -0.15) is 4.31 Å². The van der Waals surface area contributed by atoms with Crippen molar-refractivity contribution in [3.8, 4) is 11.5 Å². The molecule has 1 aliphatic rings. The molecule has 154 valence electrons. The Labute approximate surface area is 166 Å². The molecule has 2 aromatic carbocycles. The van der Waals surface area contributed by atoms with Crippen molar-refractivity contribution in [3.05, 3.63) is 58.1 Å². The van der Waals surface area contributed by atoms with Gasteiger partial charge in [0.2, 0.25) is 10.0 Å². The molecule has 10 nitrogen and oxygen atoms in total. The van der Waals surface area contributed by atoms with E-state index < -0.39 is 20.9 Å². The van der Waals surface area contributed by atoms with Gasteiger partial charge in [-0.1, -0.05) is 0 Å². The van der Waals surface area contributed by atoms with Gasteiger partial charge in [0.15, 0.2) is 0 Å². The van der Waals surface area contributed by atoms with Crippen molar-refractivity contribution in [1.29, 1.82) is 0 Å². The van der Waals surface area contributed by atoms with Crippen molar-refractivity contribution in [3.63, 3.8) is 0 Å². The molecule has 1 fully saturated rings. The van der Waals surface area contributed by atoms with E-state index >= 15 is 0 Å². The van der Waals surface area contributed by atoms with Crippen molar-refractivity contribution in [2.45, 2.75) is 4.90 Å². The maximum atomic E-state index is 13.1. The monoisotopic (exact) mass is 422 g/mol. The number of esters is 1. The van der Waals surface area contributed by atoms with E-state index in [0.717, 1.165) is 12.1 Å². The van der Waals surface area contributed by atoms with Crippen LogP contribution in [-0.4, -0.2) is 57.0 Å². The van der Waals surface area contributed by atoms with E-state index in [0.29, 0.717) is 5.56 Å². The quantitative estimate of drug-likeness (QED) is 0.394. The van der Waals surface area contributed by atoms with Crippen molar-refractivity contribution >= 4 is 21.7 Å². The van der Waals surface area contributed by atoms with Crippen LogP contribution in [0.15, 0.2) is 47.4 Å². The summed E-state index contributed by atoms with van der Waals surface area (Å²) in [7, 11) is -2.79. The van der Waals surface area contributed by atoms with Crippen LogP contribution in [-0.2, 0) is 19.5 Å². The molecule has 0 atom stereocenters. The number of sulfonamides is 1. The summed E-state index contributed by atoms with van der Waals surface area (Å²) in [5, 5.41) is 11.1. The summed E-state index contributed by atoms with van der Waals surface area (Å²) >= 11 is 0. The Balaban J connectivity index is 1.98. The summed E-state index contributed by atoms with van der Waals surface area (Å²) in [5.74, 6) is -0.333. The highest BCUT2D eigenvalue weighted by molar-refractivity contribution is 7.89. The summed E-state index contributed by atoms with van der Waals surface area (Å²) in [6.45, 7) is 0.745. The molecule has 1 heterocycles. The number of nitro groups is 1. The minimum absolute atomic E-state index is 0.0621. The molecular weight excluding hydrogens is 404 g/mol. The van der Waals surface area contributed by atoms with Gasteiger partial charge in [0.05, 0.1) is 30.8 Å². The van der Waals surface area contributed by atoms with Crippen LogP contribution in [0.5, 0.6) is 11.5 Å². The highest BCUT2D eigenvalue weighted by Crippen LogP contribution is 2.34. The highest BCUT2D eigenvalue weighted by atomic mass is 32.2. The molecule has 29 heavy (non-hydrogen) atoms. The third kappa shape index (κ3) is 4.53. The number of nitrogens with zero attached hydrogens (tertiary/aromatic N) is 2. The van der Waals surface area contributed by atoms with Crippen LogP contribution >= 0.6 is 0 Å². The number of carbonyl (C=O) groups excluding carboxylic acids is 1. The number of morpholine rings is 1. The molecule has 0 amide bonds. The van der Waals surface area contributed by atoms with E-state index in [1.54, 1.807) is 0 Å². The van der Waals surface area contributed by atoms with Crippen LogP contribution in [0.25, 0.3) is 0 Å². The molecule has 1 saturated heterocycles. The van der Waals surface area contributed by atoms with Crippen LogP contribution in [0, 0.1) is 10.1 Å². The zero-order chi connectivity index (χ0) is 21.0. The first kappa shape index (κ1) is 20.7. The zero-order valence-corrected chi connectivity index (χ0v) is 16.3. The predicted molar refractivity (Wildman–Crippen MR) is 101 cm³/mol. The Morgan fingerprint density at radius 2 is 1.79 bits per heavy atom. The standard InChI is InChI=1S/C18H18N2O8S/c1-26-18(21)13-2-5-15(6-3-13)28-16-7-4-14(20(22)23)12-17(16)29(24,25)19-8-10-27-11-9-19/h2-7,12H,8-11H2,1H3. The van der Waals surface area contributed by atoms with Crippen LogP contribution in [0.2, 0.25) is 0 Å². The molecule has 0 aliphatic carbocycles. The van der Waals surface area contributed by atoms with Crippen LogP contribution in [0.3, 0.4) is 0 Å². The summed E-state index contributed by atoms with van der Waals surface area (Å²) in [6.07, 6.45) is 0. The van der Waals surface area contributed by atoms with Gasteiger partial charge in [0.25, 0.3) is 5.69 Å². The number of non-ortho nitro benzene ring substituents is 1. The van der Waals surface area contributed by atoms with E-state index in [1.165, 1.54) is 41.7 Å². The summed E-state index contributed by atoms with van der Waals surface area (Å²) in [5.41, 5.74) is -0.0741. The number of rotatable bonds is 6. The van der Waals surface area contributed by atoms with Gasteiger partial charge in [-0.15, -0.1) is 0 Å². The number of carbonyl (C=O) groups is 1. The maximum absolute atomic E-state index is 13.1. The fourth-order valence-corrected chi connectivity index (χ4v) is 4.27. The first-order chi connectivity index (χ1) is 13.8. The lowest BCUT2D eigenvalue weighted by Crippen LogP contribution is -2.40. The maximum Gasteiger partial charge on any atom is 0.337 e. The van der Waals surface area contributed by atoms with Crippen molar-refractivity contribution < 1.29 is 32.3 Å². The van der Waals surface area contributed by atoms with Crippen molar-refractivity contribution in [1.82, 2.24) is 4.31 Å². The first-order valence-electron chi connectivity index (χ1n) is 8.55. The Morgan fingerprint density at radius 3 is 2.38 bits per heavy atom. The largest absolute Gasteiger partial charge is 0.465 e. The van der Waals surface area contributed by atoms with Gasteiger partial charge in [0.1, 0.15) is 16.4 Å². The Hall–Kier alpha value is -3.02. The van der Waals surface area contributed by atoms with Crippen molar-refractivity contribution in [2.75, 3.05) is 33.4 Å². The molecule has 0 bridgehead atoms. The second kappa shape index (κ2) is 8.55. The Bertz CT molecular complexity index is 1010. The second-order valence-electron chi connectivity index (χ2n) is 6.02. The minimum Gasteiger partial charge on any atom is -0.465 e. The number of ether oxygens (including phenoxy) is 3. The molecule has 0 spiro atoms. The van der Waals surface area contributed by atoms with E-state index in [-0.39, 0.29) is 48.4 Å². The van der Waals surface area contributed by atoms with Gasteiger partial charge in [-0.05, 0) is 30.3 Å². The molecule has 0 unspecified atom stereocenters. The average molecular weight is 422 g/mol. The summed E-state index contributed by atoms with van der Waals surface area (Å²) in [4.78, 5) is 21.7. The lowest BCUT2D eigenvalue weighted by Gasteiger charge is -2.26. The summed E-state index contributed by atoms with van der Waals surface area (Å²) < 4.78 is 42.8. The van der Waals surface area contributed by atoms with Crippen LogP contribution in [0.1, 0.15) is 10.4 Å². The number of hydrogen-bond acceptors (Lipinski definition) is 8. The Morgan fingerprint density at radius 1 is 1.14 bits per heavy atom. The lowest BCUT2D eigenvalue weighted by molar-refractivity contribution is -0.385. The first-order valence-corrected chi connectivity index (χ1v) is 9.99. The number of hydrogen-bond donors (Lipinski definition) is 0. The lowest BCUT2D eigenvalue weighted by atomic mass is 10.2. The smallest absolute Gasteiger partial charge is 0.337 e. The molecule has 2 aromatic rings. The number of benzene rings is 2. The van der Waals surface area contributed by atoms with Gasteiger partial charge < -0.3 is 14.2 Å². The third-order valence-electron chi connectivity index (χ3n) is 4.23. The van der Waals surface area contributed by atoms with Gasteiger partial charge >= 0.3 is 5.97 Å². The molecular formula is C18H18N2O8S. The SMILES string of the molecule is COC(=O)c1ccc(Oc2ccc([N+](=O)[O-])cc2S(=O)(=O)N2CCOCC2)cc1. The van der Waals surface area contributed by atoms with Gasteiger partial charge in [0, 0.05) is 25.2 Å². The Kier molecular flexibility index (Phi) is 6.11. The fraction of sp³-hybridized carbons (Fsp3) is 0.278. The van der Waals surface area contributed by atoms with E-state index in [1.807, 2.05) is 0 Å². The van der Waals surface area contributed by atoms with E-state index in [9.17, 15) is 23.3 Å². The van der Waals surface area contributed by atoms with Crippen LogP contribution in [0.4, 0.5) is 5.69 Å². The molecule has 0 radical (unpaired) electrons. The molecule has 0 saturated carbocycles. The highest BCUT2D eigenvalue weighted by Gasteiger charge is 2.31. The van der Waals surface area contributed by atoms with Gasteiger partial charge in [-0.3, -0.25) is 10.1 Å². The molecule has 11 heteroatoms. The van der Waals surface area contributed by atoms with E-state index in [4.69, 9.17) is 9.47 Å². The topological polar surface area (TPSA) is 125 Å². The van der Waals surface area contributed by atoms with Crippen LogP contribution < -0.4 is 4.74 Å². The summed E-state index contributed by atoms with van der Waals surface area (Å²) in [6, 6.07) is 9.24. The predicted octanol–water partition coefficient (Wildman–Crippen LogP) is 2.19. The fourth-order valence-electron chi connectivity index (χ4n) is 2.73. The minimum atomic E-state index is -4.04. The van der Waals surface area contributed by atoms with E-state index in [2.05, 4.69) is 4.74 Å². The molecule has 0 aromatic heterocycles. The average Bonchev–Trinajstić information content (AvgIpc) is 2.74. The second-order valence-corrected chi connectivity index (χ2v) is 7.93. The number of nitro benzene ring substituents is 1. The van der Waals surface area contributed by atoms with Crippen molar-refractivity contribution in [2.24, 2.45) is 0 Å². The number of methoxy groups -OCH3 is 1. The zero-order valence-electron chi connectivity index (χ0n) is 15.4. The molecule has 0 N–H and O–H groups in total. The molecule has 3 rings (SSSR count). The third-order valence-corrected chi connectivity index (χ3v) is 6.15. The molecule has 1 aliphatic heterocycles. The normalized spacial score (nSPS) is 14.9. The van der Waals surface area contributed by atoms with Gasteiger partial charge in [-0.25, -0.2) is 13.2 Å².